The highest BCUT2D eigenvalue weighted by Gasteiger charge is 2.50. The van der Waals surface area contributed by atoms with Crippen LogP contribution >= 0.6 is 0 Å². The smallest absolute Gasteiger partial charge is 0.273 e. The summed E-state index contributed by atoms with van der Waals surface area (Å²) in [4.78, 5) is 10.7. The van der Waals surface area contributed by atoms with Crippen LogP contribution in [0.1, 0.15) is 30.9 Å². The Kier molecular flexibility index (Phi) is 2.46. The first-order chi connectivity index (χ1) is 7.47. The van der Waals surface area contributed by atoms with E-state index in [0.717, 1.165) is 24.0 Å². The van der Waals surface area contributed by atoms with Crippen molar-refractivity contribution < 1.29 is 4.92 Å². The van der Waals surface area contributed by atoms with E-state index >= 15 is 0 Å². The molecule has 1 aliphatic carbocycles. The minimum Gasteiger partial charge on any atom is -0.327 e. The van der Waals surface area contributed by atoms with Crippen molar-refractivity contribution in [2.45, 2.75) is 38.1 Å². The Morgan fingerprint density at radius 1 is 1.50 bits per heavy atom. The number of nitro benzene ring substituents is 1. The summed E-state index contributed by atoms with van der Waals surface area (Å²) < 4.78 is 0. The Hall–Kier alpha value is -1.42. The molecule has 16 heavy (non-hydrogen) atoms. The van der Waals surface area contributed by atoms with E-state index in [0.29, 0.717) is 0 Å². The average Bonchev–Trinajstić information content (AvgIpc) is 2.97. The molecule has 0 bridgehead atoms. The largest absolute Gasteiger partial charge is 0.327 e. The summed E-state index contributed by atoms with van der Waals surface area (Å²) in [6.07, 6.45) is 1.91. The summed E-state index contributed by atoms with van der Waals surface area (Å²) in [5.41, 5.74) is 7.87. The van der Waals surface area contributed by atoms with Crippen molar-refractivity contribution in [3.05, 3.63) is 39.4 Å². The van der Waals surface area contributed by atoms with Crippen molar-refractivity contribution >= 4 is 5.69 Å². The second kappa shape index (κ2) is 3.56. The van der Waals surface area contributed by atoms with Gasteiger partial charge in [-0.2, -0.15) is 0 Å². The number of hydrogen-bond acceptors (Lipinski definition) is 3. The third kappa shape index (κ3) is 1.59. The fraction of sp³-hybridized carbons (Fsp3) is 0.500. The molecule has 0 heterocycles. The van der Waals surface area contributed by atoms with E-state index in [1.54, 1.807) is 12.1 Å². The normalized spacial score (nSPS) is 19.2. The highest BCUT2D eigenvalue weighted by atomic mass is 16.6. The monoisotopic (exact) mass is 220 g/mol. The van der Waals surface area contributed by atoms with Crippen molar-refractivity contribution in [3.8, 4) is 0 Å². The molecule has 1 aromatic carbocycles. The summed E-state index contributed by atoms with van der Waals surface area (Å²) in [6.45, 7) is 3.88. The lowest BCUT2D eigenvalue weighted by atomic mass is 9.87. The van der Waals surface area contributed by atoms with Crippen LogP contribution in [0, 0.1) is 17.0 Å². The first-order valence-corrected chi connectivity index (χ1v) is 5.48. The minimum absolute atomic E-state index is 0.0343. The molecule has 0 aliphatic heterocycles. The molecule has 1 aliphatic rings. The van der Waals surface area contributed by atoms with Gasteiger partial charge in [0.05, 0.1) is 4.92 Å². The molecular weight excluding hydrogens is 204 g/mol. The van der Waals surface area contributed by atoms with Gasteiger partial charge in [-0.25, -0.2) is 0 Å². The van der Waals surface area contributed by atoms with Crippen molar-refractivity contribution in [3.63, 3.8) is 0 Å². The average molecular weight is 220 g/mol. The summed E-state index contributed by atoms with van der Waals surface area (Å²) in [5, 5.41) is 11.0. The van der Waals surface area contributed by atoms with Crippen LogP contribution in [0.15, 0.2) is 18.2 Å². The van der Waals surface area contributed by atoms with E-state index in [9.17, 15) is 10.1 Å². The highest BCUT2D eigenvalue weighted by Crippen LogP contribution is 2.53. The number of rotatable bonds is 3. The standard InChI is InChI=1S/C12H16N2O2/c1-8-3-4-11(14(15)16)10(7-8)12(5-6-12)9(2)13/h3-4,7,9H,5-6,13H2,1-2H3. The Bertz CT molecular complexity index is 437. The van der Waals surface area contributed by atoms with Crippen molar-refractivity contribution in [2.75, 3.05) is 0 Å². The van der Waals surface area contributed by atoms with Crippen LogP contribution < -0.4 is 5.73 Å². The van der Waals surface area contributed by atoms with E-state index < -0.39 is 0 Å². The number of benzene rings is 1. The van der Waals surface area contributed by atoms with Gasteiger partial charge < -0.3 is 5.73 Å². The molecule has 4 nitrogen and oxygen atoms in total. The molecule has 86 valence electrons. The lowest BCUT2D eigenvalue weighted by molar-refractivity contribution is -0.385. The predicted molar refractivity (Wildman–Crippen MR) is 62.4 cm³/mol. The number of nitrogens with zero attached hydrogens (tertiary/aromatic N) is 1. The van der Waals surface area contributed by atoms with Gasteiger partial charge in [0.15, 0.2) is 0 Å². The van der Waals surface area contributed by atoms with Crippen LogP contribution in [0.2, 0.25) is 0 Å². The van der Waals surface area contributed by atoms with Gasteiger partial charge >= 0.3 is 0 Å². The number of nitrogens with two attached hydrogens (primary N) is 1. The zero-order valence-corrected chi connectivity index (χ0v) is 9.56. The third-order valence-corrected chi connectivity index (χ3v) is 3.55. The van der Waals surface area contributed by atoms with Gasteiger partial charge in [0, 0.05) is 23.1 Å². The van der Waals surface area contributed by atoms with E-state index in [1.165, 1.54) is 0 Å². The van der Waals surface area contributed by atoms with Crippen molar-refractivity contribution in [1.29, 1.82) is 0 Å². The first kappa shape index (κ1) is 11.1. The summed E-state index contributed by atoms with van der Waals surface area (Å²) in [6, 6.07) is 5.24. The zero-order chi connectivity index (χ0) is 11.9. The molecule has 0 spiro atoms. The van der Waals surface area contributed by atoms with Gasteiger partial charge in [0.2, 0.25) is 0 Å². The molecule has 0 amide bonds. The van der Waals surface area contributed by atoms with Crippen LogP contribution in [0.25, 0.3) is 0 Å². The van der Waals surface area contributed by atoms with Crippen LogP contribution in [0.5, 0.6) is 0 Å². The molecule has 2 rings (SSSR count). The van der Waals surface area contributed by atoms with Gasteiger partial charge in [-0.15, -0.1) is 0 Å². The van der Waals surface area contributed by atoms with Crippen molar-refractivity contribution in [1.82, 2.24) is 0 Å². The summed E-state index contributed by atoms with van der Waals surface area (Å²) in [5.74, 6) is 0. The van der Waals surface area contributed by atoms with Gasteiger partial charge in [-0.05, 0) is 32.8 Å². The first-order valence-electron chi connectivity index (χ1n) is 5.48. The van der Waals surface area contributed by atoms with Crippen LogP contribution in [0.3, 0.4) is 0 Å². The third-order valence-electron chi connectivity index (χ3n) is 3.55. The SMILES string of the molecule is Cc1ccc([N+](=O)[O-])c(C2(C(C)N)CC2)c1. The number of nitro groups is 1. The van der Waals surface area contributed by atoms with E-state index in [2.05, 4.69) is 0 Å². The zero-order valence-electron chi connectivity index (χ0n) is 9.56. The molecule has 1 aromatic rings. The Morgan fingerprint density at radius 2 is 2.12 bits per heavy atom. The Morgan fingerprint density at radius 3 is 2.56 bits per heavy atom. The second-order valence-electron chi connectivity index (χ2n) is 4.72. The van der Waals surface area contributed by atoms with Gasteiger partial charge in [-0.3, -0.25) is 10.1 Å². The number of aryl methyl sites for hydroxylation is 1. The van der Waals surface area contributed by atoms with Gasteiger partial charge in [-0.1, -0.05) is 11.6 Å². The molecule has 1 saturated carbocycles. The van der Waals surface area contributed by atoms with E-state index in [1.807, 2.05) is 19.9 Å². The molecule has 0 radical (unpaired) electrons. The van der Waals surface area contributed by atoms with Crippen LogP contribution in [-0.2, 0) is 5.41 Å². The van der Waals surface area contributed by atoms with Gasteiger partial charge in [0.1, 0.15) is 0 Å². The Balaban J connectivity index is 2.54. The molecule has 1 atom stereocenters. The maximum Gasteiger partial charge on any atom is 0.273 e. The lowest BCUT2D eigenvalue weighted by Crippen LogP contribution is -2.32. The molecule has 1 unspecified atom stereocenters. The Labute approximate surface area is 94.6 Å². The maximum atomic E-state index is 11.0. The molecule has 2 N–H and O–H groups in total. The van der Waals surface area contributed by atoms with Crippen molar-refractivity contribution in [2.24, 2.45) is 5.73 Å². The summed E-state index contributed by atoms with van der Waals surface area (Å²) in [7, 11) is 0. The fourth-order valence-electron chi connectivity index (χ4n) is 2.31. The molecule has 4 heteroatoms. The van der Waals surface area contributed by atoms with Gasteiger partial charge in [0.25, 0.3) is 5.69 Å². The van der Waals surface area contributed by atoms with E-state index in [-0.39, 0.29) is 22.1 Å². The summed E-state index contributed by atoms with van der Waals surface area (Å²) >= 11 is 0. The highest BCUT2D eigenvalue weighted by molar-refractivity contribution is 5.51. The molecular formula is C12H16N2O2. The second-order valence-corrected chi connectivity index (χ2v) is 4.72. The van der Waals surface area contributed by atoms with Crippen LogP contribution in [0.4, 0.5) is 5.69 Å². The quantitative estimate of drug-likeness (QED) is 0.627. The van der Waals surface area contributed by atoms with Crippen LogP contribution in [-0.4, -0.2) is 11.0 Å². The fourth-order valence-corrected chi connectivity index (χ4v) is 2.31. The predicted octanol–water partition coefficient (Wildman–Crippen LogP) is 2.28. The molecule has 0 saturated heterocycles. The minimum atomic E-state index is -0.308. The van der Waals surface area contributed by atoms with E-state index in [4.69, 9.17) is 5.73 Å². The maximum absolute atomic E-state index is 11.0. The molecule has 1 fully saturated rings. The topological polar surface area (TPSA) is 69.2 Å². The number of hydrogen-bond donors (Lipinski definition) is 1. The lowest BCUT2D eigenvalue weighted by Gasteiger charge is -2.20. The molecule has 0 aromatic heterocycles.